The summed E-state index contributed by atoms with van der Waals surface area (Å²) in [5.41, 5.74) is 4.83. The number of hydrogen-bond donors (Lipinski definition) is 1. The molecule has 112 valence electrons. The van der Waals surface area contributed by atoms with Crippen molar-refractivity contribution in [1.29, 1.82) is 0 Å². The molecule has 4 aliphatic rings. The second-order valence-electron chi connectivity index (χ2n) is 8.12. The van der Waals surface area contributed by atoms with Crippen molar-refractivity contribution in [1.82, 2.24) is 5.32 Å². The predicted molar refractivity (Wildman–Crippen MR) is 86.3 cm³/mol. The molecule has 0 heterocycles. The maximum Gasteiger partial charge on any atom is 0.0138 e. The lowest BCUT2D eigenvalue weighted by Crippen LogP contribution is -2.32. The Morgan fingerprint density at radius 1 is 1.10 bits per heavy atom. The minimum atomic E-state index is 0.725. The molecule has 0 spiro atoms. The molecular weight excluding hydrogens is 254 g/mol. The number of benzene rings is 1. The molecular formula is C20H27N. The standard InChI is InChI=1S/C20H27N/c1-21-17(20-18-15-7-8-16(11-15)19(18)20)10-12-5-6-13-3-2-4-14(13)9-12/h5-6,9,15-21H,2-4,7-8,10-11H2,1H3. The van der Waals surface area contributed by atoms with Crippen LogP contribution in [0.1, 0.15) is 42.4 Å². The van der Waals surface area contributed by atoms with Crippen molar-refractivity contribution < 1.29 is 0 Å². The highest BCUT2D eigenvalue weighted by molar-refractivity contribution is 5.36. The number of fused-ring (bicyclic) bond motifs is 6. The van der Waals surface area contributed by atoms with Gasteiger partial charge in [0.25, 0.3) is 0 Å². The molecule has 0 aromatic heterocycles. The van der Waals surface area contributed by atoms with Gasteiger partial charge in [0.1, 0.15) is 0 Å². The summed E-state index contributed by atoms with van der Waals surface area (Å²) in [6.45, 7) is 0. The Morgan fingerprint density at radius 2 is 1.86 bits per heavy atom. The van der Waals surface area contributed by atoms with Crippen LogP contribution in [0.4, 0.5) is 0 Å². The maximum absolute atomic E-state index is 3.68. The Kier molecular flexibility index (Phi) is 2.77. The van der Waals surface area contributed by atoms with E-state index < -0.39 is 0 Å². The first-order chi connectivity index (χ1) is 10.3. The minimum Gasteiger partial charge on any atom is -0.316 e. The van der Waals surface area contributed by atoms with Crippen molar-refractivity contribution >= 4 is 0 Å². The zero-order valence-electron chi connectivity index (χ0n) is 13.1. The zero-order valence-corrected chi connectivity index (χ0v) is 13.1. The van der Waals surface area contributed by atoms with E-state index in [2.05, 4.69) is 30.6 Å². The van der Waals surface area contributed by atoms with Gasteiger partial charge in [-0.3, -0.25) is 0 Å². The second kappa shape index (κ2) is 4.59. The number of nitrogens with one attached hydrogen (secondary N) is 1. The van der Waals surface area contributed by atoms with Crippen LogP contribution in [0.15, 0.2) is 18.2 Å². The molecule has 1 aromatic rings. The average molecular weight is 281 g/mol. The van der Waals surface area contributed by atoms with Crippen LogP contribution in [0.25, 0.3) is 0 Å². The van der Waals surface area contributed by atoms with Crippen LogP contribution in [-0.4, -0.2) is 13.1 Å². The smallest absolute Gasteiger partial charge is 0.0138 e. The quantitative estimate of drug-likeness (QED) is 0.889. The van der Waals surface area contributed by atoms with E-state index in [9.17, 15) is 0 Å². The van der Waals surface area contributed by atoms with Gasteiger partial charge in [-0.15, -0.1) is 0 Å². The topological polar surface area (TPSA) is 12.0 Å². The summed E-state index contributed by atoms with van der Waals surface area (Å²) < 4.78 is 0. The number of hydrogen-bond acceptors (Lipinski definition) is 1. The van der Waals surface area contributed by atoms with Crippen molar-refractivity contribution in [3.05, 3.63) is 34.9 Å². The lowest BCUT2D eigenvalue weighted by molar-refractivity contribution is 0.376. The Balaban J connectivity index is 1.33. The molecule has 3 saturated carbocycles. The van der Waals surface area contributed by atoms with Crippen molar-refractivity contribution in [3.63, 3.8) is 0 Å². The molecule has 5 unspecified atom stereocenters. The molecule has 4 aliphatic carbocycles. The molecule has 2 bridgehead atoms. The van der Waals surface area contributed by atoms with E-state index in [0.717, 1.165) is 35.6 Å². The maximum atomic E-state index is 3.68. The van der Waals surface area contributed by atoms with Gasteiger partial charge in [0, 0.05) is 6.04 Å². The fourth-order valence-corrected chi connectivity index (χ4v) is 6.37. The third-order valence-electron chi connectivity index (χ3n) is 7.25. The first-order valence-corrected chi connectivity index (χ1v) is 9.13. The van der Waals surface area contributed by atoms with E-state index >= 15 is 0 Å². The summed E-state index contributed by atoms with van der Waals surface area (Å²) in [5.74, 6) is 5.38. The van der Waals surface area contributed by atoms with Gasteiger partial charge in [0.2, 0.25) is 0 Å². The number of likely N-dealkylation sites (N-methyl/N-ethyl adjacent to an activating group) is 1. The highest BCUT2D eigenvalue weighted by Crippen LogP contribution is 2.70. The Bertz CT molecular complexity index is 547. The van der Waals surface area contributed by atoms with E-state index in [-0.39, 0.29) is 0 Å². The molecule has 5 atom stereocenters. The SMILES string of the molecule is CNC(Cc1ccc2c(c1)CCC2)C1C2C3CCC(C3)C21. The van der Waals surface area contributed by atoms with Gasteiger partial charge in [-0.05, 0) is 98.3 Å². The molecule has 0 radical (unpaired) electrons. The van der Waals surface area contributed by atoms with E-state index in [1.807, 2.05) is 0 Å². The van der Waals surface area contributed by atoms with Crippen molar-refractivity contribution in [2.75, 3.05) is 7.05 Å². The van der Waals surface area contributed by atoms with E-state index in [0.29, 0.717) is 0 Å². The minimum absolute atomic E-state index is 0.725. The molecule has 3 fully saturated rings. The average Bonchev–Trinajstić information content (AvgIpc) is 2.89. The van der Waals surface area contributed by atoms with E-state index in [1.54, 1.807) is 23.1 Å². The van der Waals surface area contributed by atoms with Gasteiger partial charge < -0.3 is 5.32 Å². The predicted octanol–water partition coefficient (Wildman–Crippen LogP) is 3.60. The monoisotopic (exact) mass is 281 g/mol. The van der Waals surface area contributed by atoms with Crippen molar-refractivity contribution in [2.24, 2.45) is 29.6 Å². The Hall–Kier alpha value is -0.820. The van der Waals surface area contributed by atoms with Crippen molar-refractivity contribution in [3.8, 4) is 0 Å². The molecule has 1 heteroatoms. The van der Waals surface area contributed by atoms with Gasteiger partial charge in [-0.2, -0.15) is 0 Å². The molecule has 1 N–H and O–H groups in total. The summed E-state index contributed by atoms with van der Waals surface area (Å²) in [7, 11) is 2.19. The third kappa shape index (κ3) is 1.86. The summed E-state index contributed by atoms with van der Waals surface area (Å²) in [5, 5.41) is 3.68. The largest absolute Gasteiger partial charge is 0.316 e. The fourth-order valence-electron chi connectivity index (χ4n) is 6.37. The lowest BCUT2D eigenvalue weighted by atomic mass is 9.92. The van der Waals surface area contributed by atoms with Crippen LogP contribution in [0.5, 0.6) is 0 Å². The lowest BCUT2D eigenvalue weighted by Gasteiger charge is -2.20. The second-order valence-corrected chi connectivity index (χ2v) is 8.12. The summed E-state index contributed by atoms with van der Waals surface area (Å²) >= 11 is 0. The molecule has 21 heavy (non-hydrogen) atoms. The van der Waals surface area contributed by atoms with Gasteiger partial charge >= 0.3 is 0 Å². The van der Waals surface area contributed by atoms with E-state index in [1.165, 1.54) is 38.5 Å². The first-order valence-electron chi connectivity index (χ1n) is 9.13. The number of aryl methyl sites for hydroxylation is 2. The normalized spacial score (nSPS) is 40.1. The molecule has 1 nitrogen and oxygen atoms in total. The summed E-state index contributed by atoms with van der Waals surface area (Å²) in [4.78, 5) is 0. The van der Waals surface area contributed by atoms with Crippen LogP contribution < -0.4 is 5.32 Å². The van der Waals surface area contributed by atoms with Crippen LogP contribution in [-0.2, 0) is 19.3 Å². The van der Waals surface area contributed by atoms with Crippen molar-refractivity contribution in [2.45, 2.75) is 51.0 Å². The fraction of sp³-hybridized carbons (Fsp3) is 0.700. The number of rotatable bonds is 4. The van der Waals surface area contributed by atoms with Crippen LogP contribution >= 0.6 is 0 Å². The first kappa shape index (κ1) is 12.7. The zero-order chi connectivity index (χ0) is 14.0. The van der Waals surface area contributed by atoms with Gasteiger partial charge in [0.05, 0.1) is 0 Å². The molecule has 1 aromatic carbocycles. The highest BCUT2D eigenvalue weighted by Gasteiger charge is 2.66. The van der Waals surface area contributed by atoms with Crippen LogP contribution in [0.3, 0.4) is 0 Å². The molecule has 0 saturated heterocycles. The van der Waals surface area contributed by atoms with Gasteiger partial charge in [0.15, 0.2) is 0 Å². The van der Waals surface area contributed by atoms with Crippen LogP contribution in [0, 0.1) is 29.6 Å². The van der Waals surface area contributed by atoms with E-state index in [4.69, 9.17) is 0 Å². The Labute approximate surface area is 128 Å². The molecule has 0 aliphatic heterocycles. The molecule has 5 rings (SSSR count). The Morgan fingerprint density at radius 3 is 2.62 bits per heavy atom. The van der Waals surface area contributed by atoms with Gasteiger partial charge in [-0.1, -0.05) is 18.2 Å². The van der Waals surface area contributed by atoms with Crippen LogP contribution in [0.2, 0.25) is 0 Å². The summed E-state index contributed by atoms with van der Waals surface area (Å²) in [6, 6.07) is 8.05. The third-order valence-corrected chi connectivity index (χ3v) is 7.25. The summed E-state index contributed by atoms with van der Waals surface area (Å²) in [6.07, 6.45) is 9.88. The molecule has 0 amide bonds. The highest BCUT2D eigenvalue weighted by atomic mass is 14.9. The van der Waals surface area contributed by atoms with Gasteiger partial charge in [-0.25, -0.2) is 0 Å².